The van der Waals surface area contributed by atoms with Crippen LogP contribution in [0.2, 0.25) is 0 Å². The predicted molar refractivity (Wildman–Crippen MR) is 122 cm³/mol. The van der Waals surface area contributed by atoms with Crippen LogP contribution in [-0.4, -0.2) is 84.9 Å². The van der Waals surface area contributed by atoms with E-state index in [-0.39, 0.29) is 31.4 Å². The number of amides is 2. The minimum absolute atomic E-state index is 0.0147. The van der Waals surface area contributed by atoms with E-state index in [0.29, 0.717) is 42.5 Å². The molecule has 1 fully saturated rings. The number of carbonyl (C=O) groups is 4. The highest BCUT2D eigenvalue weighted by Gasteiger charge is 2.41. The van der Waals surface area contributed by atoms with Gasteiger partial charge in [-0.25, -0.2) is 4.79 Å². The van der Waals surface area contributed by atoms with Crippen molar-refractivity contribution in [1.82, 2.24) is 10.4 Å². The van der Waals surface area contributed by atoms with Gasteiger partial charge < -0.3 is 20.6 Å². The van der Waals surface area contributed by atoms with Crippen molar-refractivity contribution < 1.29 is 28.8 Å². The normalized spacial score (nSPS) is 17.1. The summed E-state index contributed by atoms with van der Waals surface area (Å²) in [6.45, 7) is 1.68. The topological polar surface area (TPSA) is 189 Å². The Bertz CT molecular complexity index is 772. The molecule has 0 aromatic heterocycles. The van der Waals surface area contributed by atoms with Gasteiger partial charge in [-0.05, 0) is 44.5 Å². The predicted octanol–water partition coefficient (Wildman–Crippen LogP) is 0.727. The van der Waals surface area contributed by atoms with E-state index in [1.165, 1.54) is 11.8 Å². The number of hydroxylamine groups is 2. The standard InChI is InChI=1S/C19H31N7O6S/c1-13(27)14(22-2)5-3-7-23-16(20)6-4-10-33-15-11-17(28)26(19(15)30)32-18(29)12-31-9-8-24-25-21/h14-15,22H,3-12H2,1-2H3,(H2,20,23)/t14-,15?/m1/s1. The lowest BCUT2D eigenvalue weighted by molar-refractivity contribution is -0.200. The third-order valence-electron chi connectivity index (χ3n) is 4.58. The largest absolute Gasteiger partial charge is 0.387 e. The molecule has 0 aliphatic carbocycles. The van der Waals surface area contributed by atoms with Gasteiger partial charge in [0.2, 0.25) is 0 Å². The lowest BCUT2D eigenvalue weighted by atomic mass is 10.1. The first-order valence-corrected chi connectivity index (χ1v) is 11.6. The van der Waals surface area contributed by atoms with Gasteiger partial charge >= 0.3 is 5.97 Å². The van der Waals surface area contributed by atoms with Crippen LogP contribution in [0.25, 0.3) is 10.4 Å². The Morgan fingerprint density at radius 2 is 2.12 bits per heavy atom. The van der Waals surface area contributed by atoms with Crippen LogP contribution < -0.4 is 11.1 Å². The summed E-state index contributed by atoms with van der Waals surface area (Å²) in [5.74, 6) is -0.891. The van der Waals surface area contributed by atoms with E-state index in [9.17, 15) is 19.2 Å². The molecule has 2 amide bonds. The number of amidine groups is 1. The monoisotopic (exact) mass is 485 g/mol. The number of nitrogens with one attached hydrogen (secondary N) is 1. The summed E-state index contributed by atoms with van der Waals surface area (Å²) in [5, 5.41) is 6.05. The number of carbonyl (C=O) groups excluding carboxylic acids is 4. The van der Waals surface area contributed by atoms with Crippen LogP contribution in [0.1, 0.15) is 39.0 Å². The highest BCUT2D eigenvalue weighted by Crippen LogP contribution is 2.26. The van der Waals surface area contributed by atoms with Crippen LogP contribution in [0, 0.1) is 0 Å². The molecule has 14 heteroatoms. The minimum atomic E-state index is -0.892. The third kappa shape index (κ3) is 11.1. The molecule has 13 nitrogen and oxygen atoms in total. The smallest absolute Gasteiger partial charge is 0.358 e. The number of ketones is 1. The number of aliphatic imine (C=N–C) groups is 1. The molecular weight excluding hydrogens is 454 g/mol. The van der Waals surface area contributed by atoms with Crippen LogP contribution in [0.4, 0.5) is 0 Å². The van der Waals surface area contributed by atoms with Gasteiger partial charge in [-0.3, -0.25) is 19.4 Å². The Labute approximate surface area is 196 Å². The van der Waals surface area contributed by atoms with Crippen molar-refractivity contribution in [2.75, 3.05) is 39.1 Å². The number of rotatable bonds is 17. The number of Topliss-reactive ketones (excluding diaryl/α,β-unsaturated/α-hetero) is 1. The van der Waals surface area contributed by atoms with Gasteiger partial charge in [-0.1, -0.05) is 5.11 Å². The Morgan fingerprint density at radius 1 is 1.36 bits per heavy atom. The summed E-state index contributed by atoms with van der Waals surface area (Å²) < 4.78 is 4.93. The van der Waals surface area contributed by atoms with Crippen LogP contribution in [0.5, 0.6) is 0 Å². The molecule has 3 N–H and O–H groups in total. The zero-order valence-electron chi connectivity index (χ0n) is 18.9. The molecule has 1 unspecified atom stereocenters. The van der Waals surface area contributed by atoms with Gasteiger partial charge in [-0.15, -0.1) is 16.8 Å². The van der Waals surface area contributed by atoms with E-state index in [0.717, 1.165) is 6.42 Å². The molecule has 0 bridgehead atoms. The van der Waals surface area contributed by atoms with Crippen LogP contribution >= 0.6 is 11.8 Å². The minimum Gasteiger partial charge on any atom is -0.387 e. The van der Waals surface area contributed by atoms with E-state index >= 15 is 0 Å². The summed E-state index contributed by atoms with van der Waals surface area (Å²) in [6, 6.07) is -0.167. The molecule has 0 saturated carbocycles. The summed E-state index contributed by atoms with van der Waals surface area (Å²) in [6.07, 6.45) is 2.60. The average Bonchev–Trinajstić information content (AvgIpc) is 3.03. The Balaban J connectivity index is 2.27. The van der Waals surface area contributed by atoms with Crippen molar-refractivity contribution in [3.8, 4) is 0 Å². The zero-order valence-corrected chi connectivity index (χ0v) is 19.7. The van der Waals surface area contributed by atoms with Crippen LogP contribution in [-0.2, 0) is 28.8 Å². The van der Waals surface area contributed by atoms with Crippen LogP contribution in [0.15, 0.2) is 10.1 Å². The maximum Gasteiger partial charge on any atom is 0.358 e. The maximum atomic E-state index is 12.3. The van der Waals surface area contributed by atoms with Crippen molar-refractivity contribution in [1.29, 1.82) is 0 Å². The highest BCUT2D eigenvalue weighted by molar-refractivity contribution is 8.00. The van der Waals surface area contributed by atoms with Gasteiger partial charge in [0, 0.05) is 24.4 Å². The van der Waals surface area contributed by atoms with Crippen LogP contribution in [0.3, 0.4) is 0 Å². The molecular formula is C19H31N7O6S. The quantitative estimate of drug-likeness (QED) is 0.0568. The number of nitrogens with two attached hydrogens (primary N) is 1. The second kappa shape index (κ2) is 16.0. The van der Waals surface area contributed by atoms with Crippen molar-refractivity contribution >= 4 is 41.2 Å². The van der Waals surface area contributed by atoms with Gasteiger partial charge in [0.1, 0.15) is 12.4 Å². The van der Waals surface area contributed by atoms with Gasteiger partial charge in [0.25, 0.3) is 11.8 Å². The molecule has 184 valence electrons. The van der Waals surface area contributed by atoms with E-state index < -0.39 is 29.6 Å². The first-order chi connectivity index (χ1) is 15.8. The number of thioether (sulfide) groups is 1. The van der Waals surface area contributed by atoms with Gasteiger partial charge in [0.05, 0.1) is 30.2 Å². The average molecular weight is 486 g/mol. The van der Waals surface area contributed by atoms with E-state index in [2.05, 4.69) is 20.3 Å². The first kappa shape index (κ1) is 28.4. The molecule has 2 atom stereocenters. The molecule has 1 aliphatic rings. The van der Waals surface area contributed by atoms with E-state index in [4.69, 9.17) is 20.8 Å². The number of hydrogen-bond donors (Lipinski definition) is 2. The fourth-order valence-corrected chi connectivity index (χ4v) is 3.96. The molecule has 0 spiro atoms. The first-order valence-electron chi connectivity index (χ1n) is 10.5. The molecule has 1 rings (SSSR count). The Morgan fingerprint density at radius 3 is 2.79 bits per heavy atom. The van der Waals surface area contributed by atoms with Crippen molar-refractivity contribution in [2.45, 2.75) is 50.3 Å². The Kier molecular flexibility index (Phi) is 13.8. The number of azide groups is 1. The fourth-order valence-electron chi connectivity index (χ4n) is 2.87. The number of imide groups is 1. The SMILES string of the molecule is CN[C@H](CCCN=C(N)CCCSC1CC(=O)N(OC(=O)COCCN=[N+]=[N-])C1=O)C(C)=O. The number of ether oxygens (including phenoxy) is 1. The third-order valence-corrected chi connectivity index (χ3v) is 5.87. The summed E-state index contributed by atoms with van der Waals surface area (Å²) in [5.41, 5.74) is 14.0. The van der Waals surface area contributed by atoms with Gasteiger partial charge in [-0.2, -0.15) is 0 Å². The van der Waals surface area contributed by atoms with Crippen molar-refractivity contribution in [3.05, 3.63) is 10.4 Å². The highest BCUT2D eigenvalue weighted by atomic mass is 32.2. The van der Waals surface area contributed by atoms with E-state index in [1.807, 2.05) is 0 Å². The number of hydrogen-bond acceptors (Lipinski definition) is 10. The molecule has 33 heavy (non-hydrogen) atoms. The number of nitrogens with zero attached hydrogens (tertiary/aromatic N) is 5. The number of likely N-dealkylation sites (N-methyl/N-ethyl adjacent to an activating group) is 1. The summed E-state index contributed by atoms with van der Waals surface area (Å²) >= 11 is 1.30. The van der Waals surface area contributed by atoms with Gasteiger partial charge in [0.15, 0.2) is 0 Å². The van der Waals surface area contributed by atoms with Crippen molar-refractivity contribution in [3.63, 3.8) is 0 Å². The molecule has 1 heterocycles. The van der Waals surface area contributed by atoms with Crippen molar-refractivity contribution in [2.24, 2.45) is 15.8 Å². The zero-order chi connectivity index (χ0) is 24.6. The molecule has 0 radical (unpaired) electrons. The fraction of sp³-hybridized carbons (Fsp3) is 0.737. The Hall–Kier alpha value is -2.67. The molecule has 1 saturated heterocycles. The molecule has 1 aliphatic heterocycles. The lowest BCUT2D eigenvalue weighted by Gasteiger charge is -2.13. The maximum absolute atomic E-state index is 12.3. The summed E-state index contributed by atoms with van der Waals surface area (Å²) in [4.78, 5) is 59.0. The molecule has 0 aromatic carbocycles. The summed E-state index contributed by atoms with van der Waals surface area (Å²) in [7, 11) is 1.75. The van der Waals surface area contributed by atoms with E-state index in [1.54, 1.807) is 14.0 Å². The second-order valence-electron chi connectivity index (χ2n) is 7.13. The second-order valence-corrected chi connectivity index (χ2v) is 8.44. The lowest BCUT2D eigenvalue weighted by Crippen LogP contribution is -2.35. The molecule has 0 aromatic rings.